The molecule has 0 aromatic carbocycles. The molecule has 0 spiro atoms. The molecule has 1 aliphatic carbocycles. The SMILES string of the molecule is CC(C)CN(C(=O)C1(C(=O)O)CC1)C(C)C. The summed E-state index contributed by atoms with van der Waals surface area (Å²) in [5.41, 5.74) is -1.10. The van der Waals surface area contributed by atoms with Crippen LogP contribution in [0, 0.1) is 11.3 Å². The second-order valence-electron chi connectivity index (χ2n) is 5.33. The predicted octanol–water partition coefficient (Wildman–Crippen LogP) is 1.74. The molecule has 0 atom stereocenters. The minimum atomic E-state index is -1.10. The molecule has 1 fully saturated rings. The van der Waals surface area contributed by atoms with Crippen LogP contribution in [0.3, 0.4) is 0 Å². The summed E-state index contributed by atoms with van der Waals surface area (Å²) in [5.74, 6) is -0.813. The highest BCUT2D eigenvalue weighted by Crippen LogP contribution is 2.47. The summed E-state index contributed by atoms with van der Waals surface area (Å²) in [6.45, 7) is 8.55. The van der Waals surface area contributed by atoms with Crippen molar-refractivity contribution in [2.75, 3.05) is 6.54 Å². The van der Waals surface area contributed by atoms with Gasteiger partial charge in [-0.3, -0.25) is 9.59 Å². The number of rotatable bonds is 5. The number of nitrogens with zero attached hydrogens (tertiary/aromatic N) is 1. The minimum Gasteiger partial charge on any atom is -0.480 e. The molecule has 1 saturated carbocycles. The Labute approximate surface area is 96.6 Å². The number of amides is 1. The smallest absolute Gasteiger partial charge is 0.319 e. The van der Waals surface area contributed by atoms with E-state index in [9.17, 15) is 9.59 Å². The van der Waals surface area contributed by atoms with Crippen LogP contribution in [0.5, 0.6) is 0 Å². The number of carboxylic acids is 1. The molecule has 1 aliphatic rings. The van der Waals surface area contributed by atoms with Crippen LogP contribution in [0.2, 0.25) is 0 Å². The number of carbonyl (C=O) groups excluding carboxylic acids is 1. The van der Waals surface area contributed by atoms with Gasteiger partial charge < -0.3 is 10.0 Å². The van der Waals surface area contributed by atoms with E-state index in [0.29, 0.717) is 25.3 Å². The van der Waals surface area contributed by atoms with Crippen LogP contribution >= 0.6 is 0 Å². The van der Waals surface area contributed by atoms with E-state index in [4.69, 9.17) is 5.11 Å². The number of aliphatic carboxylic acids is 1. The van der Waals surface area contributed by atoms with Crippen LogP contribution in [-0.4, -0.2) is 34.5 Å². The monoisotopic (exact) mass is 227 g/mol. The van der Waals surface area contributed by atoms with Gasteiger partial charge in [-0.25, -0.2) is 0 Å². The maximum absolute atomic E-state index is 12.2. The normalized spacial score (nSPS) is 17.6. The van der Waals surface area contributed by atoms with E-state index in [1.54, 1.807) is 4.90 Å². The summed E-state index contributed by atoms with van der Waals surface area (Å²) in [6, 6.07) is 0.0618. The van der Waals surface area contributed by atoms with Crippen molar-refractivity contribution >= 4 is 11.9 Å². The lowest BCUT2D eigenvalue weighted by Gasteiger charge is -2.30. The van der Waals surface area contributed by atoms with Gasteiger partial charge in [0.2, 0.25) is 5.91 Å². The molecule has 1 N–H and O–H groups in total. The van der Waals surface area contributed by atoms with Crippen molar-refractivity contribution in [3.8, 4) is 0 Å². The van der Waals surface area contributed by atoms with Gasteiger partial charge in [0.15, 0.2) is 0 Å². The standard InChI is InChI=1S/C12H21NO3/c1-8(2)7-13(9(3)4)10(14)12(5-6-12)11(15)16/h8-9H,5-7H2,1-4H3,(H,15,16). The second-order valence-corrected chi connectivity index (χ2v) is 5.33. The zero-order valence-electron chi connectivity index (χ0n) is 10.5. The Bertz CT molecular complexity index is 293. The Hall–Kier alpha value is -1.06. The van der Waals surface area contributed by atoms with Crippen LogP contribution in [0.4, 0.5) is 0 Å². The predicted molar refractivity (Wildman–Crippen MR) is 61.0 cm³/mol. The van der Waals surface area contributed by atoms with Crippen LogP contribution in [0.1, 0.15) is 40.5 Å². The van der Waals surface area contributed by atoms with Crippen LogP contribution in [0.15, 0.2) is 0 Å². The molecule has 16 heavy (non-hydrogen) atoms. The third-order valence-corrected chi connectivity index (χ3v) is 3.01. The molecule has 0 bridgehead atoms. The first-order chi connectivity index (χ1) is 7.31. The molecule has 92 valence electrons. The number of hydrogen-bond acceptors (Lipinski definition) is 2. The maximum atomic E-state index is 12.2. The largest absolute Gasteiger partial charge is 0.480 e. The molecule has 1 rings (SSSR count). The van der Waals surface area contributed by atoms with Crippen molar-refractivity contribution in [1.29, 1.82) is 0 Å². The lowest BCUT2D eigenvalue weighted by atomic mass is 10.0. The van der Waals surface area contributed by atoms with Crippen LogP contribution in [-0.2, 0) is 9.59 Å². The van der Waals surface area contributed by atoms with E-state index in [-0.39, 0.29) is 11.9 Å². The van der Waals surface area contributed by atoms with Gasteiger partial charge in [-0.15, -0.1) is 0 Å². The molecule has 0 aliphatic heterocycles. The Morgan fingerprint density at radius 3 is 2.00 bits per heavy atom. The average Bonchev–Trinajstić information content (AvgIpc) is 2.92. The number of hydrogen-bond donors (Lipinski definition) is 1. The Morgan fingerprint density at radius 1 is 1.25 bits per heavy atom. The molecule has 0 heterocycles. The Morgan fingerprint density at radius 2 is 1.75 bits per heavy atom. The van der Waals surface area contributed by atoms with E-state index in [2.05, 4.69) is 0 Å². The molecular weight excluding hydrogens is 206 g/mol. The van der Waals surface area contributed by atoms with Crippen molar-refractivity contribution < 1.29 is 14.7 Å². The van der Waals surface area contributed by atoms with Crippen LogP contribution in [0.25, 0.3) is 0 Å². The molecule has 1 amide bonds. The zero-order chi connectivity index (χ0) is 12.5. The first-order valence-electron chi connectivity index (χ1n) is 5.85. The Balaban J connectivity index is 2.80. The van der Waals surface area contributed by atoms with Gasteiger partial charge in [-0.1, -0.05) is 13.8 Å². The molecular formula is C12H21NO3. The highest BCUT2D eigenvalue weighted by molar-refractivity contribution is 6.04. The fourth-order valence-electron chi connectivity index (χ4n) is 1.84. The fourth-order valence-corrected chi connectivity index (χ4v) is 1.84. The highest BCUT2D eigenvalue weighted by atomic mass is 16.4. The number of carboxylic acid groups (broad SMARTS) is 1. The van der Waals surface area contributed by atoms with Gasteiger partial charge in [-0.2, -0.15) is 0 Å². The Kier molecular flexibility index (Phi) is 3.61. The highest BCUT2D eigenvalue weighted by Gasteiger charge is 2.58. The molecule has 0 unspecified atom stereocenters. The minimum absolute atomic E-state index is 0.0618. The van der Waals surface area contributed by atoms with Crippen molar-refractivity contribution in [3.63, 3.8) is 0 Å². The van der Waals surface area contributed by atoms with Gasteiger partial charge >= 0.3 is 5.97 Å². The summed E-state index contributed by atoms with van der Waals surface area (Å²) in [7, 11) is 0. The van der Waals surface area contributed by atoms with Crippen molar-refractivity contribution in [3.05, 3.63) is 0 Å². The lowest BCUT2D eigenvalue weighted by Crippen LogP contribution is -2.46. The van der Waals surface area contributed by atoms with Crippen molar-refractivity contribution in [2.24, 2.45) is 11.3 Å². The zero-order valence-corrected chi connectivity index (χ0v) is 10.5. The van der Waals surface area contributed by atoms with E-state index in [1.165, 1.54) is 0 Å². The second kappa shape index (κ2) is 4.44. The lowest BCUT2D eigenvalue weighted by molar-refractivity contribution is -0.154. The van der Waals surface area contributed by atoms with Gasteiger partial charge in [-0.05, 0) is 32.6 Å². The first kappa shape index (κ1) is 13.0. The van der Waals surface area contributed by atoms with Crippen LogP contribution < -0.4 is 0 Å². The van der Waals surface area contributed by atoms with Crippen molar-refractivity contribution in [2.45, 2.75) is 46.6 Å². The average molecular weight is 227 g/mol. The molecule has 4 heteroatoms. The summed E-state index contributed by atoms with van der Waals surface area (Å²) in [5, 5.41) is 9.09. The van der Waals surface area contributed by atoms with Gasteiger partial charge in [0.25, 0.3) is 0 Å². The summed E-state index contributed by atoms with van der Waals surface area (Å²) < 4.78 is 0. The third-order valence-electron chi connectivity index (χ3n) is 3.01. The summed E-state index contributed by atoms with van der Waals surface area (Å²) in [6.07, 6.45) is 0.977. The summed E-state index contributed by atoms with van der Waals surface area (Å²) in [4.78, 5) is 25.0. The van der Waals surface area contributed by atoms with Gasteiger partial charge in [0, 0.05) is 12.6 Å². The molecule has 0 aromatic heterocycles. The quantitative estimate of drug-likeness (QED) is 0.728. The molecule has 0 saturated heterocycles. The van der Waals surface area contributed by atoms with Gasteiger partial charge in [0.1, 0.15) is 5.41 Å². The molecule has 4 nitrogen and oxygen atoms in total. The van der Waals surface area contributed by atoms with Gasteiger partial charge in [0.05, 0.1) is 0 Å². The fraction of sp³-hybridized carbons (Fsp3) is 0.833. The van der Waals surface area contributed by atoms with E-state index in [1.807, 2.05) is 27.7 Å². The van der Waals surface area contributed by atoms with E-state index < -0.39 is 11.4 Å². The summed E-state index contributed by atoms with van der Waals surface area (Å²) >= 11 is 0. The first-order valence-corrected chi connectivity index (χ1v) is 5.85. The van der Waals surface area contributed by atoms with E-state index >= 15 is 0 Å². The number of carbonyl (C=O) groups is 2. The van der Waals surface area contributed by atoms with E-state index in [0.717, 1.165) is 0 Å². The third kappa shape index (κ3) is 2.36. The topological polar surface area (TPSA) is 57.6 Å². The maximum Gasteiger partial charge on any atom is 0.319 e. The molecule has 0 radical (unpaired) electrons. The molecule has 0 aromatic rings. The van der Waals surface area contributed by atoms with Crippen molar-refractivity contribution in [1.82, 2.24) is 4.90 Å².